The first-order valence-electron chi connectivity index (χ1n) is 7.31. The van der Waals surface area contributed by atoms with Gasteiger partial charge < -0.3 is 10.2 Å². The minimum atomic E-state index is 0.161. The molecule has 2 aliphatic heterocycles. The van der Waals surface area contributed by atoms with Gasteiger partial charge in [-0.2, -0.15) is 0 Å². The van der Waals surface area contributed by atoms with Crippen LogP contribution in [0.4, 0.5) is 0 Å². The predicted octanol–water partition coefficient (Wildman–Crippen LogP) is 1.88. The van der Waals surface area contributed by atoms with E-state index in [0.717, 1.165) is 13.1 Å². The molecule has 3 heteroatoms. The quantitative estimate of drug-likeness (QED) is 0.770. The number of likely N-dealkylation sites (tertiary alicyclic amines) is 1. The van der Waals surface area contributed by atoms with Gasteiger partial charge in [0.1, 0.15) is 0 Å². The van der Waals surface area contributed by atoms with Crippen LogP contribution in [0.1, 0.15) is 41.0 Å². The van der Waals surface area contributed by atoms with Crippen molar-refractivity contribution in [1.82, 2.24) is 10.2 Å². The summed E-state index contributed by atoms with van der Waals surface area (Å²) in [5.74, 6) is 1.31. The van der Waals surface area contributed by atoms with E-state index in [4.69, 9.17) is 0 Å². The number of hydrogen-bond donors (Lipinski definition) is 1. The van der Waals surface area contributed by atoms with Gasteiger partial charge in [0.2, 0.25) is 5.91 Å². The average Bonchev–Trinajstić information content (AvgIpc) is 2.61. The summed E-state index contributed by atoms with van der Waals surface area (Å²) in [6.07, 6.45) is 1.18. The Morgan fingerprint density at radius 2 is 1.78 bits per heavy atom. The molecule has 0 bridgehead atoms. The van der Waals surface area contributed by atoms with Crippen LogP contribution in [-0.2, 0) is 4.79 Å². The van der Waals surface area contributed by atoms with Gasteiger partial charge in [-0.25, -0.2) is 0 Å². The smallest absolute Gasteiger partial charge is 0.227 e. The molecule has 1 N–H and O–H groups in total. The summed E-state index contributed by atoms with van der Waals surface area (Å²) < 4.78 is 0. The van der Waals surface area contributed by atoms with Gasteiger partial charge >= 0.3 is 0 Å². The van der Waals surface area contributed by atoms with E-state index < -0.39 is 0 Å². The second-order valence-electron chi connectivity index (χ2n) is 7.69. The zero-order valence-electron chi connectivity index (χ0n) is 12.3. The second-order valence-corrected chi connectivity index (χ2v) is 7.69. The molecule has 2 saturated heterocycles. The van der Waals surface area contributed by atoms with Crippen molar-refractivity contribution in [2.45, 2.75) is 53.1 Å². The number of fused-ring (bicyclic) bond motifs is 1. The zero-order valence-corrected chi connectivity index (χ0v) is 12.3. The molecule has 0 spiro atoms. The topological polar surface area (TPSA) is 32.3 Å². The molecule has 18 heavy (non-hydrogen) atoms. The van der Waals surface area contributed by atoms with E-state index in [0.29, 0.717) is 23.9 Å². The van der Waals surface area contributed by atoms with Gasteiger partial charge in [0.25, 0.3) is 0 Å². The van der Waals surface area contributed by atoms with Crippen LogP contribution in [0.15, 0.2) is 0 Å². The van der Waals surface area contributed by atoms with Gasteiger partial charge in [0, 0.05) is 31.1 Å². The van der Waals surface area contributed by atoms with Gasteiger partial charge in [-0.15, -0.1) is 0 Å². The Bertz CT molecular complexity index is 374. The maximum Gasteiger partial charge on any atom is 0.227 e. The van der Waals surface area contributed by atoms with Crippen LogP contribution < -0.4 is 5.32 Å². The highest BCUT2D eigenvalue weighted by atomic mass is 16.2. The number of carbonyl (C=O) groups is 1. The molecule has 0 aromatic heterocycles. The van der Waals surface area contributed by atoms with Crippen LogP contribution in [-0.4, -0.2) is 36.0 Å². The third-order valence-electron chi connectivity index (χ3n) is 6.30. The molecule has 3 fully saturated rings. The molecule has 3 rings (SSSR count). The van der Waals surface area contributed by atoms with Crippen molar-refractivity contribution in [2.24, 2.45) is 22.7 Å². The lowest BCUT2D eigenvalue weighted by Crippen LogP contribution is -2.44. The molecule has 0 aromatic rings. The largest absolute Gasteiger partial charge is 0.335 e. The maximum absolute atomic E-state index is 12.9. The van der Waals surface area contributed by atoms with Crippen molar-refractivity contribution in [2.75, 3.05) is 13.1 Å². The van der Waals surface area contributed by atoms with Crippen LogP contribution in [0.5, 0.6) is 0 Å². The van der Waals surface area contributed by atoms with E-state index in [1.54, 1.807) is 0 Å². The molecule has 3 unspecified atom stereocenters. The summed E-state index contributed by atoms with van der Waals surface area (Å²) in [7, 11) is 0. The lowest BCUT2D eigenvalue weighted by molar-refractivity contribution is -0.136. The molecule has 102 valence electrons. The standard InChI is InChI=1S/C15H26N2O/c1-9-6-10-7-16-8-11(10)17(9)13(18)12-14(2,3)15(12,4)5/h9-12,16H,6-8H2,1-5H3. The van der Waals surface area contributed by atoms with Crippen LogP contribution in [0.25, 0.3) is 0 Å². The van der Waals surface area contributed by atoms with Crippen molar-refractivity contribution in [3.63, 3.8) is 0 Å². The first-order valence-corrected chi connectivity index (χ1v) is 7.31. The van der Waals surface area contributed by atoms with E-state index in [1.807, 2.05) is 0 Å². The zero-order chi connectivity index (χ0) is 13.3. The summed E-state index contributed by atoms with van der Waals surface area (Å²) in [5.41, 5.74) is 0.321. The number of amides is 1. The first-order chi connectivity index (χ1) is 8.28. The highest BCUT2D eigenvalue weighted by Crippen LogP contribution is 2.69. The Morgan fingerprint density at radius 1 is 1.17 bits per heavy atom. The van der Waals surface area contributed by atoms with E-state index in [1.165, 1.54) is 6.42 Å². The number of hydrogen-bond acceptors (Lipinski definition) is 2. The minimum absolute atomic E-state index is 0.161. The van der Waals surface area contributed by atoms with E-state index >= 15 is 0 Å². The fourth-order valence-electron chi connectivity index (χ4n) is 4.51. The van der Waals surface area contributed by atoms with Gasteiger partial charge in [0.15, 0.2) is 0 Å². The Labute approximate surface area is 110 Å². The van der Waals surface area contributed by atoms with Crippen molar-refractivity contribution >= 4 is 5.91 Å². The van der Waals surface area contributed by atoms with Gasteiger partial charge in [-0.05, 0) is 30.1 Å². The SMILES string of the molecule is CC1CC2CNCC2N1C(=O)C1C(C)(C)C1(C)C. The molecule has 1 saturated carbocycles. The lowest BCUT2D eigenvalue weighted by Gasteiger charge is -2.28. The fourth-order valence-corrected chi connectivity index (χ4v) is 4.51. The molecule has 1 aliphatic carbocycles. The average molecular weight is 250 g/mol. The molecule has 0 aromatic carbocycles. The predicted molar refractivity (Wildman–Crippen MR) is 72.1 cm³/mol. The van der Waals surface area contributed by atoms with Gasteiger partial charge in [-0.1, -0.05) is 27.7 Å². The molecule has 2 heterocycles. The van der Waals surface area contributed by atoms with E-state index in [9.17, 15) is 4.79 Å². The summed E-state index contributed by atoms with van der Waals surface area (Å²) in [6.45, 7) is 13.3. The Kier molecular flexibility index (Phi) is 2.42. The number of carbonyl (C=O) groups excluding carboxylic acids is 1. The highest BCUT2D eigenvalue weighted by Gasteiger charge is 2.69. The first kappa shape index (κ1) is 12.5. The summed E-state index contributed by atoms with van der Waals surface area (Å²) in [4.78, 5) is 15.1. The molecular formula is C15H26N2O. The van der Waals surface area contributed by atoms with E-state index in [2.05, 4.69) is 44.8 Å². The molecule has 3 nitrogen and oxygen atoms in total. The Balaban J connectivity index is 1.82. The maximum atomic E-state index is 12.9. The molecule has 3 atom stereocenters. The van der Waals surface area contributed by atoms with E-state index in [-0.39, 0.29) is 16.7 Å². The normalized spacial score (nSPS) is 40.9. The Hall–Kier alpha value is -0.570. The number of nitrogens with one attached hydrogen (secondary N) is 1. The van der Waals surface area contributed by atoms with Crippen molar-refractivity contribution in [1.29, 1.82) is 0 Å². The second kappa shape index (κ2) is 3.50. The third-order valence-corrected chi connectivity index (χ3v) is 6.30. The van der Waals surface area contributed by atoms with Crippen molar-refractivity contribution < 1.29 is 4.79 Å². The summed E-state index contributed by atoms with van der Waals surface area (Å²) in [5, 5.41) is 3.44. The minimum Gasteiger partial charge on any atom is -0.335 e. The van der Waals surface area contributed by atoms with Crippen LogP contribution >= 0.6 is 0 Å². The van der Waals surface area contributed by atoms with Gasteiger partial charge in [0.05, 0.1) is 0 Å². The fraction of sp³-hybridized carbons (Fsp3) is 0.933. The summed E-state index contributed by atoms with van der Waals surface area (Å²) >= 11 is 0. The summed E-state index contributed by atoms with van der Waals surface area (Å²) in [6, 6.07) is 0.890. The van der Waals surface area contributed by atoms with Crippen molar-refractivity contribution in [3.8, 4) is 0 Å². The van der Waals surface area contributed by atoms with Crippen LogP contribution in [0.2, 0.25) is 0 Å². The molecular weight excluding hydrogens is 224 g/mol. The number of nitrogens with zero attached hydrogens (tertiary/aromatic N) is 1. The molecule has 1 amide bonds. The molecule has 0 radical (unpaired) electrons. The van der Waals surface area contributed by atoms with Gasteiger partial charge in [-0.3, -0.25) is 4.79 Å². The van der Waals surface area contributed by atoms with Crippen molar-refractivity contribution in [3.05, 3.63) is 0 Å². The monoisotopic (exact) mass is 250 g/mol. The molecule has 3 aliphatic rings. The van der Waals surface area contributed by atoms with Crippen LogP contribution in [0.3, 0.4) is 0 Å². The third kappa shape index (κ3) is 1.37. The lowest BCUT2D eigenvalue weighted by atomic mass is 10.0. The van der Waals surface area contributed by atoms with Crippen LogP contribution in [0, 0.1) is 22.7 Å². The highest BCUT2D eigenvalue weighted by molar-refractivity contribution is 5.85. The number of rotatable bonds is 1. The Morgan fingerprint density at radius 3 is 2.33 bits per heavy atom.